The number of guanidine groups is 1. The molecule has 7 heteroatoms. The van der Waals surface area contributed by atoms with Crippen LogP contribution in [-0.2, 0) is 15.1 Å². The van der Waals surface area contributed by atoms with Gasteiger partial charge >= 0.3 is 0 Å². The summed E-state index contributed by atoms with van der Waals surface area (Å²) in [6.07, 6.45) is 0.845. The summed E-state index contributed by atoms with van der Waals surface area (Å²) in [7, 11) is 0. The fourth-order valence-corrected chi connectivity index (χ4v) is 4.49. The Balaban J connectivity index is 1.56. The molecule has 0 saturated carbocycles. The molecule has 0 aliphatic carbocycles. The highest BCUT2D eigenvalue weighted by atomic mass is 35.5. The van der Waals surface area contributed by atoms with E-state index in [9.17, 15) is 9.59 Å². The SMILES string of the molecule is CC(=O)N1CC[C@H](CN2C(=N)NC(C)(c3cccc(-c4cccc(Cl)c4)c3)C2=O)C1. The monoisotopic (exact) mass is 424 g/mol. The Labute approximate surface area is 181 Å². The van der Waals surface area contributed by atoms with Gasteiger partial charge in [-0.05, 0) is 54.2 Å². The van der Waals surface area contributed by atoms with Crippen LogP contribution in [0.2, 0.25) is 5.02 Å². The molecule has 0 aromatic heterocycles. The Hall–Kier alpha value is -2.86. The molecule has 2 fully saturated rings. The molecule has 1 unspecified atom stereocenters. The molecule has 2 heterocycles. The van der Waals surface area contributed by atoms with Crippen LogP contribution in [0.1, 0.15) is 25.8 Å². The van der Waals surface area contributed by atoms with Crippen LogP contribution in [0, 0.1) is 11.3 Å². The van der Waals surface area contributed by atoms with Crippen molar-refractivity contribution in [2.45, 2.75) is 25.8 Å². The molecule has 0 bridgehead atoms. The minimum absolute atomic E-state index is 0.0566. The molecular formula is C23H25ClN4O2. The van der Waals surface area contributed by atoms with Crippen molar-refractivity contribution in [3.05, 3.63) is 59.1 Å². The molecule has 2 amide bonds. The van der Waals surface area contributed by atoms with E-state index in [4.69, 9.17) is 17.0 Å². The number of hydrogen-bond acceptors (Lipinski definition) is 3. The second-order valence-electron chi connectivity index (χ2n) is 8.23. The second-order valence-corrected chi connectivity index (χ2v) is 8.66. The van der Waals surface area contributed by atoms with Crippen LogP contribution < -0.4 is 5.32 Å². The maximum absolute atomic E-state index is 13.4. The zero-order chi connectivity index (χ0) is 21.5. The zero-order valence-corrected chi connectivity index (χ0v) is 17.9. The van der Waals surface area contributed by atoms with Crippen LogP contribution in [0.15, 0.2) is 48.5 Å². The first-order valence-corrected chi connectivity index (χ1v) is 10.5. The van der Waals surface area contributed by atoms with Crippen molar-refractivity contribution in [2.24, 2.45) is 5.92 Å². The van der Waals surface area contributed by atoms with Crippen molar-refractivity contribution in [1.29, 1.82) is 5.41 Å². The Kier molecular flexibility index (Phi) is 5.28. The Morgan fingerprint density at radius 1 is 1.23 bits per heavy atom. The number of benzene rings is 2. The number of halogens is 1. The molecule has 30 heavy (non-hydrogen) atoms. The lowest BCUT2D eigenvalue weighted by atomic mass is 9.89. The molecule has 0 radical (unpaired) electrons. The number of nitrogens with zero attached hydrogens (tertiary/aromatic N) is 2. The van der Waals surface area contributed by atoms with Crippen molar-refractivity contribution in [2.75, 3.05) is 19.6 Å². The number of hydrogen-bond donors (Lipinski definition) is 2. The molecule has 2 aromatic rings. The van der Waals surface area contributed by atoms with E-state index in [2.05, 4.69) is 5.32 Å². The molecule has 156 valence electrons. The van der Waals surface area contributed by atoms with E-state index >= 15 is 0 Å². The quantitative estimate of drug-likeness (QED) is 0.789. The maximum Gasteiger partial charge on any atom is 0.259 e. The van der Waals surface area contributed by atoms with E-state index in [1.165, 1.54) is 4.90 Å². The van der Waals surface area contributed by atoms with E-state index in [-0.39, 0.29) is 23.7 Å². The molecule has 2 aliphatic heterocycles. The van der Waals surface area contributed by atoms with E-state index < -0.39 is 5.54 Å². The second kappa shape index (κ2) is 7.76. The summed E-state index contributed by atoms with van der Waals surface area (Å²) in [6, 6.07) is 15.4. The van der Waals surface area contributed by atoms with Gasteiger partial charge < -0.3 is 10.2 Å². The fourth-order valence-electron chi connectivity index (χ4n) is 4.30. The molecule has 2 saturated heterocycles. The maximum atomic E-state index is 13.4. The average Bonchev–Trinajstić information content (AvgIpc) is 3.28. The summed E-state index contributed by atoms with van der Waals surface area (Å²) in [6.45, 7) is 5.17. The van der Waals surface area contributed by atoms with Gasteiger partial charge in [0.25, 0.3) is 5.91 Å². The summed E-state index contributed by atoms with van der Waals surface area (Å²) in [5.74, 6) is 0.204. The van der Waals surface area contributed by atoms with Crippen LogP contribution in [0.4, 0.5) is 0 Å². The van der Waals surface area contributed by atoms with Gasteiger partial charge in [0.1, 0.15) is 5.54 Å². The summed E-state index contributed by atoms with van der Waals surface area (Å²) in [4.78, 5) is 28.3. The van der Waals surface area contributed by atoms with Crippen LogP contribution in [-0.4, -0.2) is 47.2 Å². The largest absolute Gasteiger partial charge is 0.343 e. The first-order chi connectivity index (χ1) is 14.3. The van der Waals surface area contributed by atoms with E-state index in [0.717, 1.165) is 23.1 Å². The van der Waals surface area contributed by atoms with Crippen LogP contribution in [0.3, 0.4) is 0 Å². The van der Waals surface area contributed by atoms with Gasteiger partial charge in [-0.1, -0.05) is 41.9 Å². The molecule has 2 aliphatic rings. The van der Waals surface area contributed by atoms with Gasteiger partial charge in [-0.3, -0.25) is 19.9 Å². The third-order valence-corrected chi connectivity index (χ3v) is 6.32. The highest BCUT2D eigenvalue weighted by Gasteiger charge is 2.48. The molecule has 6 nitrogen and oxygen atoms in total. The van der Waals surface area contributed by atoms with E-state index in [1.807, 2.05) is 55.5 Å². The third-order valence-electron chi connectivity index (χ3n) is 6.08. The van der Waals surface area contributed by atoms with E-state index in [1.54, 1.807) is 11.8 Å². The van der Waals surface area contributed by atoms with Crippen molar-refractivity contribution in [3.63, 3.8) is 0 Å². The molecule has 2 atom stereocenters. The highest BCUT2D eigenvalue weighted by molar-refractivity contribution is 6.30. The fraction of sp³-hybridized carbons (Fsp3) is 0.348. The molecule has 4 rings (SSSR count). The number of amides is 2. The minimum atomic E-state index is -1.01. The average molecular weight is 425 g/mol. The lowest BCUT2D eigenvalue weighted by molar-refractivity contribution is -0.131. The van der Waals surface area contributed by atoms with Crippen LogP contribution >= 0.6 is 11.6 Å². The predicted octanol–water partition coefficient (Wildman–Crippen LogP) is 3.46. The minimum Gasteiger partial charge on any atom is -0.343 e. The molecule has 2 N–H and O–H groups in total. The van der Waals surface area contributed by atoms with Crippen molar-refractivity contribution in [1.82, 2.24) is 15.1 Å². The van der Waals surface area contributed by atoms with Crippen molar-refractivity contribution >= 4 is 29.4 Å². The summed E-state index contributed by atoms with van der Waals surface area (Å²) >= 11 is 6.14. The Morgan fingerprint density at radius 2 is 1.93 bits per heavy atom. The van der Waals surface area contributed by atoms with E-state index in [0.29, 0.717) is 24.7 Å². The topological polar surface area (TPSA) is 76.5 Å². The van der Waals surface area contributed by atoms with Gasteiger partial charge in [0.2, 0.25) is 5.91 Å². The third kappa shape index (κ3) is 3.67. The standard InChI is InChI=1S/C23H25ClN4O2/c1-15(29)27-10-9-16(13-27)14-28-21(30)23(2,26-22(28)25)19-7-3-5-17(11-19)18-6-4-8-20(24)12-18/h3-8,11-12,16H,9-10,13-14H2,1-2H3,(H2,25,26)/t16-,23?/m0/s1. The lowest BCUT2D eigenvalue weighted by Gasteiger charge is -2.24. The smallest absolute Gasteiger partial charge is 0.259 e. The number of carbonyl (C=O) groups excluding carboxylic acids is 2. The normalized spacial score (nSPS) is 23.8. The van der Waals surface area contributed by atoms with Gasteiger partial charge in [0.05, 0.1) is 0 Å². The van der Waals surface area contributed by atoms with Gasteiger partial charge in [0.15, 0.2) is 5.96 Å². The predicted molar refractivity (Wildman–Crippen MR) is 117 cm³/mol. The Morgan fingerprint density at radius 3 is 2.60 bits per heavy atom. The number of nitrogens with one attached hydrogen (secondary N) is 2. The number of carbonyl (C=O) groups is 2. The first-order valence-electron chi connectivity index (χ1n) is 10.1. The van der Waals surface area contributed by atoms with Gasteiger partial charge in [-0.25, -0.2) is 0 Å². The van der Waals surface area contributed by atoms with Gasteiger partial charge in [-0.2, -0.15) is 0 Å². The van der Waals surface area contributed by atoms with Crippen molar-refractivity contribution in [3.8, 4) is 11.1 Å². The van der Waals surface area contributed by atoms with Crippen LogP contribution in [0.5, 0.6) is 0 Å². The van der Waals surface area contributed by atoms with Crippen LogP contribution in [0.25, 0.3) is 11.1 Å². The summed E-state index contributed by atoms with van der Waals surface area (Å²) < 4.78 is 0. The molecule has 0 spiro atoms. The molecule has 2 aromatic carbocycles. The first kappa shape index (κ1) is 20.4. The lowest BCUT2D eigenvalue weighted by Crippen LogP contribution is -2.41. The summed E-state index contributed by atoms with van der Waals surface area (Å²) in [5.41, 5.74) is 1.73. The number of likely N-dealkylation sites (tertiary alicyclic amines) is 1. The zero-order valence-electron chi connectivity index (χ0n) is 17.1. The van der Waals surface area contributed by atoms with Crippen molar-refractivity contribution < 1.29 is 9.59 Å². The highest BCUT2D eigenvalue weighted by Crippen LogP contribution is 2.33. The van der Waals surface area contributed by atoms with Gasteiger partial charge in [0, 0.05) is 31.6 Å². The van der Waals surface area contributed by atoms with Gasteiger partial charge in [-0.15, -0.1) is 0 Å². The summed E-state index contributed by atoms with van der Waals surface area (Å²) in [5, 5.41) is 12.1. The Bertz CT molecular complexity index is 1020. The molecular weight excluding hydrogens is 400 g/mol. The number of rotatable bonds is 4.